The van der Waals surface area contributed by atoms with Crippen LogP contribution in [0.5, 0.6) is 0 Å². The van der Waals surface area contributed by atoms with Gasteiger partial charge in [0.05, 0.1) is 0 Å². The van der Waals surface area contributed by atoms with E-state index in [2.05, 4.69) is 0 Å². The first kappa shape index (κ1) is 30.1. The van der Waals surface area contributed by atoms with Crippen LogP contribution in [0.25, 0.3) is 0 Å². The number of piperidine rings is 1. The molecule has 0 aromatic carbocycles. The molecule has 202 valence electrons. The molecule has 2 heterocycles. The van der Waals surface area contributed by atoms with Crippen LogP contribution in [0.1, 0.15) is 47.5 Å². The molecule has 1 N–H and O–H groups in total. The largest absolute Gasteiger partial charge is 0.463 e. The number of carbonyl (C=O) groups is 5. The lowest BCUT2D eigenvalue weighted by atomic mass is 9.80. The summed E-state index contributed by atoms with van der Waals surface area (Å²) in [5, 5.41) is 7.99. The van der Waals surface area contributed by atoms with Gasteiger partial charge in [0.15, 0.2) is 12.2 Å². The minimum absolute atomic E-state index is 0.0637. The van der Waals surface area contributed by atoms with E-state index in [4.69, 9.17) is 63.9 Å². The fraction of sp³-hybridized carbons (Fsp3) is 0.714. The van der Waals surface area contributed by atoms with E-state index in [1.54, 1.807) is 13.8 Å². The fourth-order valence-electron chi connectivity index (χ4n) is 3.96. The van der Waals surface area contributed by atoms with Gasteiger partial charge in [-0.3, -0.25) is 34.3 Å². The maximum atomic E-state index is 13.1. The van der Waals surface area contributed by atoms with Gasteiger partial charge < -0.3 is 23.7 Å². The van der Waals surface area contributed by atoms with Crippen molar-refractivity contribution in [3.8, 4) is 0 Å². The van der Waals surface area contributed by atoms with Crippen molar-refractivity contribution in [3.05, 3.63) is 0 Å². The summed E-state index contributed by atoms with van der Waals surface area (Å²) in [6.45, 7) is 6.20. The molecule has 0 aromatic heterocycles. The van der Waals surface area contributed by atoms with Crippen LogP contribution in [0.15, 0.2) is 0 Å². The van der Waals surface area contributed by atoms with Gasteiger partial charge in [0.2, 0.25) is 24.0 Å². The molecular formula is C21H27Cl3N2O10. The second-order valence-corrected chi connectivity index (χ2v) is 11.4. The number of likely N-dealkylation sites (tertiary alicyclic amines) is 1. The third-order valence-corrected chi connectivity index (χ3v) is 5.77. The molecule has 0 saturated carbocycles. The Balaban J connectivity index is 2.63. The zero-order valence-corrected chi connectivity index (χ0v) is 22.4. The van der Waals surface area contributed by atoms with E-state index in [9.17, 15) is 24.0 Å². The van der Waals surface area contributed by atoms with Crippen molar-refractivity contribution < 1.29 is 47.7 Å². The van der Waals surface area contributed by atoms with Crippen LogP contribution in [0, 0.1) is 10.8 Å². The number of nitrogens with zero attached hydrogens (tertiary/aromatic N) is 1. The van der Waals surface area contributed by atoms with E-state index in [0.29, 0.717) is 0 Å². The molecule has 2 aliphatic heterocycles. The molecule has 0 spiro atoms. The lowest BCUT2D eigenvalue weighted by Crippen LogP contribution is -2.69. The zero-order valence-electron chi connectivity index (χ0n) is 20.2. The minimum Gasteiger partial charge on any atom is -0.463 e. The Hall–Kier alpha value is -2.15. The lowest BCUT2D eigenvalue weighted by Gasteiger charge is -2.49. The van der Waals surface area contributed by atoms with E-state index in [-0.39, 0.29) is 12.8 Å². The summed E-state index contributed by atoms with van der Waals surface area (Å²) in [4.78, 5) is 62.5. The lowest BCUT2D eigenvalue weighted by molar-refractivity contribution is -0.274. The van der Waals surface area contributed by atoms with E-state index < -0.39 is 82.1 Å². The first-order valence-electron chi connectivity index (χ1n) is 10.7. The van der Waals surface area contributed by atoms with Gasteiger partial charge >= 0.3 is 17.9 Å². The predicted molar refractivity (Wildman–Crippen MR) is 124 cm³/mol. The SMILES string of the molecule is CC(=O)OC[C@H]1O[C@@H](OC(=N)C(Cl)(Cl)Cl)[C@H](N2C(=O)CC(C)(C)CC2=O)[C@@H](OC(C)=O)[C@@H]1OC(C)=O. The molecule has 2 aliphatic rings. The Morgan fingerprint density at radius 2 is 1.47 bits per heavy atom. The number of carbonyl (C=O) groups excluding carboxylic acids is 5. The van der Waals surface area contributed by atoms with E-state index in [0.717, 1.165) is 25.7 Å². The Morgan fingerprint density at radius 3 is 1.92 bits per heavy atom. The molecule has 0 unspecified atom stereocenters. The second-order valence-electron chi connectivity index (χ2n) is 9.10. The van der Waals surface area contributed by atoms with Gasteiger partial charge in [-0.25, -0.2) is 0 Å². The topological polar surface area (TPSA) is 159 Å². The van der Waals surface area contributed by atoms with Crippen LogP contribution in [0.3, 0.4) is 0 Å². The highest BCUT2D eigenvalue weighted by molar-refractivity contribution is 6.76. The van der Waals surface area contributed by atoms with Crippen LogP contribution in [0.4, 0.5) is 0 Å². The maximum absolute atomic E-state index is 13.1. The molecule has 0 bridgehead atoms. The van der Waals surface area contributed by atoms with Crippen LogP contribution in [0.2, 0.25) is 0 Å². The molecule has 12 nitrogen and oxygen atoms in total. The molecule has 15 heteroatoms. The van der Waals surface area contributed by atoms with Gasteiger partial charge in [0.25, 0.3) is 3.79 Å². The highest BCUT2D eigenvalue weighted by atomic mass is 35.6. The maximum Gasteiger partial charge on any atom is 0.303 e. The van der Waals surface area contributed by atoms with Gasteiger partial charge in [0.1, 0.15) is 18.8 Å². The average molecular weight is 574 g/mol. The third-order valence-electron chi connectivity index (χ3n) is 5.26. The van der Waals surface area contributed by atoms with Gasteiger partial charge in [-0.2, -0.15) is 0 Å². The number of imide groups is 1. The van der Waals surface area contributed by atoms with Crippen LogP contribution >= 0.6 is 34.8 Å². The van der Waals surface area contributed by atoms with Crippen molar-refractivity contribution in [2.45, 2.75) is 81.9 Å². The van der Waals surface area contributed by atoms with Gasteiger partial charge in [-0.15, -0.1) is 0 Å². The summed E-state index contributed by atoms with van der Waals surface area (Å²) < 4.78 is 24.6. The monoisotopic (exact) mass is 572 g/mol. The Morgan fingerprint density at radius 1 is 0.972 bits per heavy atom. The van der Waals surface area contributed by atoms with E-state index >= 15 is 0 Å². The van der Waals surface area contributed by atoms with Crippen molar-refractivity contribution in [3.63, 3.8) is 0 Å². The number of alkyl halides is 3. The molecule has 2 saturated heterocycles. The van der Waals surface area contributed by atoms with Crippen molar-refractivity contribution in [1.29, 1.82) is 5.41 Å². The number of rotatable bonds is 6. The molecule has 0 aliphatic carbocycles. The number of hydrogen-bond acceptors (Lipinski definition) is 11. The smallest absolute Gasteiger partial charge is 0.303 e. The number of amides is 2. The van der Waals surface area contributed by atoms with Crippen LogP contribution < -0.4 is 0 Å². The summed E-state index contributed by atoms with van der Waals surface area (Å²) in [6.07, 6.45) is -6.19. The molecule has 0 radical (unpaired) electrons. The first-order valence-corrected chi connectivity index (χ1v) is 11.9. The van der Waals surface area contributed by atoms with Gasteiger partial charge in [0, 0.05) is 33.6 Å². The first-order chi connectivity index (χ1) is 16.4. The van der Waals surface area contributed by atoms with Crippen molar-refractivity contribution >= 4 is 70.4 Å². The standard InChI is InChI=1S/C21H27Cl3N2O10/c1-9(27)32-8-12-16(33-10(2)28)17(34-11(3)29)15(18(35-12)36-19(25)21(22,23)24)26-13(30)6-20(4,5)7-14(26)31/h12,15-18,25H,6-8H2,1-5H3/t12-,15-,16-,17-,18+/m1/s1. The summed E-state index contributed by atoms with van der Waals surface area (Å²) in [6, 6.07) is -1.56. The molecule has 2 amide bonds. The highest BCUT2D eigenvalue weighted by Gasteiger charge is 2.58. The van der Waals surface area contributed by atoms with E-state index in [1.807, 2.05) is 0 Å². The summed E-state index contributed by atoms with van der Waals surface area (Å²) in [7, 11) is 0. The number of halogens is 3. The third kappa shape index (κ3) is 7.67. The molecular weight excluding hydrogens is 547 g/mol. The summed E-state index contributed by atoms with van der Waals surface area (Å²) >= 11 is 17.2. The number of esters is 3. The fourth-order valence-corrected chi connectivity index (χ4v) is 4.09. The van der Waals surface area contributed by atoms with Crippen molar-refractivity contribution in [1.82, 2.24) is 4.90 Å². The van der Waals surface area contributed by atoms with E-state index in [1.165, 1.54) is 0 Å². The number of nitrogens with one attached hydrogen (secondary N) is 1. The normalized spacial score (nSPS) is 28.2. The number of hydrogen-bond donors (Lipinski definition) is 1. The molecule has 5 atom stereocenters. The van der Waals surface area contributed by atoms with Gasteiger partial charge in [-0.05, 0) is 5.41 Å². The minimum atomic E-state index is -2.36. The second kappa shape index (κ2) is 11.5. The predicted octanol–water partition coefficient (Wildman–Crippen LogP) is 2.05. The summed E-state index contributed by atoms with van der Waals surface area (Å²) in [5.74, 6) is -4.63. The van der Waals surface area contributed by atoms with Gasteiger partial charge in [-0.1, -0.05) is 48.7 Å². The zero-order chi connectivity index (χ0) is 27.6. The Bertz CT molecular complexity index is 915. The Kier molecular flexibility index (Phi) is 9.60. The molecule has 0 aromatic rings. The summed E-state index contributed by atoms with van der Waals surface area (Å²) in [5.41, 5.74) is -0.662. The Labute approximate surface area is 222 Å². The number of ether oxygens (including phenoxy) is 5. The molecule has 2 rings (SSSR count). The average Bonchev–Trinajstić information content (AvgIpc) is 2.67. The van der Waals surface area contributed by atoms with Crippen LogP contribution in [-0.4, -0.2) is 81.6 Å². The van der Waals surface area contributed by atoms with Crippen molar-refractivity contribution in [2.75, 3.05) is 6.61 Å². The highest BCUT2D eigenvalue weighted by Crippen LogP contribution is 2.39. The quantitative estimate of drug-likeness (QED) is 0.124. The molecule has 36 heavy (non-hydrogen) atoms. The molecule has 2 fully saturated rings. The van der Waals surface area contributed by atoms with Crippen LogP contribution in [-0.2, 0) is 47.7 Å². The van der Waals surface area contributed by atoms with Crippen molar-refractivity contribution in [2.24, 2.45) is 5.41 Å².